The summed E-state index contributed by atoms with van der Waals surface area (Å²) >= 11 is 0. The van der Waals surface area contributed by atoms with Crippen molar-refractivity contribution in [3.05, 3.63) is 30.1 Å². The highest BCUT2D eigenvalue weighted by atomic mass is 16.3. The molecule has 1 aliphatic rings. The number of aromatic nitrogens is 2. The standard InChI is InChI=1S/C15H22N4O/c1-15(20,4-7-19-8-5-16-6-9-19)12-2-3-13-14(10-12)18-11-17-13/h2-3,10-11,16,20H,4-9H2,1H3,(H,17,18). The molecule has 1 unspecified atom stereocenters. The minimum Gasteiger partial charge on any atom is -0.385 e. The summed E-state index contributed by atoms with van der Waals surface area (Å²) in [6.45, 7) is 7.04. The first-order valence-corrected chi connectivity index (χ1v) is 7.24. The third kappa shape index (κ3) is 2.85. The van der Waals surface area contributed by atoms with E-state index in [9.17, 15) is 5.11 Å². The Morgan fingerprint density at radius 3 is 2.95 bits per heavy atom. The van der Waals surface area contributed by atoms with E-state index in [2.05, 4.69) is 20.2 Å². The Labute approximate surface area is 119 Å². The molecule has 2 aromatic rings. The largest absolute Gasteiger partial charge is 0.385 e. The van der Waals surface area contributed by atoms with Gasteiger partial charge in [0.05, 0.1) is 23.0 Å². The van der Waals surface area contributed by atoms with Crippen LogP contribution in [0.3, 0.4) is 0 Å². The summed E-state index contributed by atoms with van der Waals surface area (Å²) in [5, 5.41) is 14.1. The van der Waals surface area contributed by atoms with Gasteiger partial charge >= 0.3 is 0 Å². The number of benzene rings is 1. The molecule has 20 heavy (non-hydrogen) atoms. The minimum atomic E-state index is -0.801. The van der Waals surface area contributed by atoms with Crippen molar-refractivity contribution in [3.8, 4) is 0 Å². The van der Waals surface area contributed by atoms with Crippen LogP contribution in [0.25, 0.3) is 11.0 Å². The first-order valence-electron chi connectivity index (χ1n) is 7.24. The summed E-state index contributed by atoms with van der Waals surface area (Å²) in [6, 6.07) is 5.93. The highest BCUT2D eigenvalue weighted by Crippen LogP contribution is 2.27. The van der Waals surface area contributed by atoms with Crippen molar-refractivity contribution in [2.24, 2.45) is 0 Å². The molecule has 0 radical (unpaired) electrons. The quantitative estimate of drug-likeness (QED) is 0.780. The molecule has 1 aromatic carbocycles. The van der Waals surface area contributed by atoms with E-state index in [1.54, 1.807) is 6.33 Å². The van der Waals surface area contributed by atoms with Crippen LogP contribution >= 0.6 is 0 Å². The Balaban J connectivity index is 1.69. The Bertz CT molecular complexity index is 572. The molecule has 2 heterocycles. The number of aliphatic hydroxyl groups is 1. The first kappa shape index (κ1) is 13.5. The van der Waals surface area contributed by atoms with Gasteiger partial charge in [0, 0.05) is 32.7 Å². The van der Waals surface area contributed by atoms with Gasteiger partial charge in [-0.15, -0.1) is 0 Å². The second kappa shape index (κ2) is 5.52. The molecule has 0 saturated carbocycles. The molecule has 1 aliphatic heterocycles. The number of hydrogen-bond donors (Lipinski definition) is 3. The minimum absolute atomic E-state index is 0.743. The smallest absolute Gasteiger partial charge is 0.0931 e. The predicted molar refractivity (Wildman–Crippen MR) is 79.6 cm³/mol. The SMILES string of the molecule is CC(O)(CCN1CCNCC1)c1ccc2nc[nH]c2c1. The van der Waals surface area contributed by atoms with Gasteiger partial charge in [-0.05, 0) is 31.0 Å². The zero-order valence-electron chi connectivity index (χ0n) is 11.9. The number of nitrogens with one attached hydrogen (secondary N) is 2. The molecule has 1 aromatic heterocycles. The second-order valence-electron chi connectivity index (χ2n) is 5.75. The van der Waals surface area contributed by atoms with Gasteiger partial charge in [-0.3, -0.25) is 0 Å². The fraction of sp³-hybridized carbons (Fsp3) is 0.533. The van der Waals surface area contributed by atoms with E-state index < -0.39 is 5.60 Å². The number of fused-ring (bicyclic) bond motifs is 1. The van der Waals surface area contributed by atoms with Crippen LogP contribution in [0.1, 0.15) is 18.9 Å². The van der Waals surface area contributed by atoms with Gasteiger partial charge in [0.15, 0.2) is 0 Å². The van der Waals surface area contributed by atoms with Crippen molar-refractivity contribution in [3.63, 3.8) is 0 Å². The lowest BCUT2D eigenvalue weighted by atomic mass is 9.92. The van der Waals surface area contributed by atoms with E-state index >= 15 is 0 Å². The summed E-state index contributed by atoms with van der Waals surface area (Å²) in [5.74, 6) is 0. The fourth-order valence-electron chi connectivity index (χ4n) is 2.73. The zero-order valence-corrected chi connectivity index (χ0v) is 11.9. The summed E-state index contributed by atoms with van der Waals surface area (Å²) in [7, 11) is 0. The van der Waals surface area contributed by atoms with Crippen molar-refractivity contribution in [2.75, 3.05) is 32.7 Å². The number of aromatic amines is 1. The van der Waals surface area contributed by atoms with Crippen LogP contribution in [-0.2, 0) is 5.60 Å². The van der Waals surface area contributed by atoms with E-state index in [0.717, 1.165) is 55.7 Å². The van der Waals surface area contributed by atoms with Crippen LogP contribution in [0.5, 0.6) is 0 Å². The third-order valence-electron chi connectivity index (χ3n) is 4.17. The van der Waals surface area contributed by atoms with Gasteiger partial charge in [-0.1, -0.05) is 6.07 Å². The van der Waals surface area contributed by atoms with Crippen molar-refractivity contribution in [1.82, 2.24) is 20.2 Å². The Morgan fingerprint density at radius 2 is 2.15 bits per heavy atom. The van der Waals surface area contributed by atoms with Crippen LogP contribution in [-0.4, -0.2) is 52.7 Å². The monoisotopic (exact) mass is 274 g/mol. The predicted octanol–water partition coefficient (Wildman–Crippen LogP) is 1.07. The summed E-state index contributed by atoms with van der Waals surface area (Å²) in [4.78, 5) is 9.71. The molecule has 1 fully saturated rings. The molecule has 108 valence electrons. The number of nitrogens with zero attached hydrogens (tertiary/aromatic N) is 2. The number of hydrogen-bond acceptors (Lipinski definition) is 4. The van der Waals surface area contributed by atoms with Crippen molar-refractivity contribution >= 4 is 11.0 Å². The van der Waals surface area contributed by atoms with Crippen molar-refractivity contribution in [1.29, 1.82) is 0 Å². The normalized spacial score (nSPS) is 20.1. The maximum absolute atomic E-state index is 10.7. The Morgan fingerprint density at radius 1 is 1.35 bits per heavy atom. The van der Waals surface area contributed by atoms with Gasteiger partial charge in [-0.2, -0.15) is 0 Å². The molecule has 3 N–H and O–H groups in total. The van der Waals surface area contributed by atoms with Gasteiger partial charge in [0.25, 0.3) is 0 Å². The molecule has 0 aliphatic carbocycles. The van der Waals surface area contributed by atoms with E-state index in [0.29, 0.717) is 0 Å². The van der Waals surface area contributed by atoms with E-state index in [1.165, 1.54) is 0 Å². The lowest BCUT2D eigenvalue weighted by Crippen LogP contribution is -2.45. The molecule has 3 rings (SSSR count). The average molecular weight is 274 g/mol. The molecule has 5 nitrogen and oxygen atoms in total. The summed E-state index contributed by atoms with van der Waals surface area (Å²) in [5.41, 5.74) is 2.06. The molecule has 1 saturated heterocycles. The average Bonchev–Trinajstić information content (AvgIpc) is 2.94. The molecule has 5 heteroatoms. The third-order valence-corrected chi connectivity index (χ3v) is 4.17. The molecular weight excluding hydrogens is 252 g/mol. The van der Waals surface area contributed by atoms with Crippen LogP contribution in [0.2, 0.25) is 0 Å². The summed E-state index contributed by atoms with van der Waals surface area (Å²) < 4.78 is 0. The fourth-order valence-corrected chi connectivity index (χ4v) is 2.73. The van der Waals surface area contributed by atoms with Gasteiger partial charge in [-0.25, -0.2) is 4.98 Å². The maximum atomic E-state index is 10.7. The van der Waals surface area contributed by atoms with Crippen LogP contribution in [0, 0.1) is 0 Å². The van der Waals surface area contributed by atoms with E-state index in [4.69, 9.17) is 0 Å². The molecule has 0 spiro atoms. The Kier molecular flexibility index (Phi) is 3.74. The van der Waals surface area contributed by atoms with Gasteiger partial charge < -0.3 is 20.3 Å². The van der Waals surface area contributed by atoms with E-state index in [1.807, 2.05) is 25.1 Å². The van der Waals surface area contributed by atoms with E-state index in [-0.39, 0.29) is 0 Å². The lowest BCUT2D eigenvalue weighted by Gasteiger charge is -2.31. The Hall–Kier alpha value is -1.43. The van der Waals surface area contributed by atoms with Crippen LogP contribution < -0.4 is 5.32 Å². The van der Waals surface area contributed by atoms with Gasteiger partial charge in [0.2, 0.25) is 0 Å². The zero-order chi connectivity index (χ0) is 14.0. The highest BCUT2D eigenvalue weighted by molar-refractivity contribution is 5.75. The maximum Gasteiger partial charge on any atom is 0.0931 e. The molecule has 1 atom stereocenters. The lowest BCUT2D eigenvalue weighted by molar-refractivity contribution is 0.0346. The molecule has 0 amide bonds. The first-order chi connectivity index (χ1) is 9.65. The van der Waals surface area contributed by atoms with Crippen molar-refractivity contribution in [2.45, 2.75) is 18.9 Å². The van der Waals surface area contributed by atoms with Gasteiger partial charge in [0.1, 0.15) is 0 Å². The van der Waals surface area contributed by atoms with Crippen LogP contribution in [0.15, 0.2) is 24.5 Å². The summed E-state index contributed by atoms with van der Waals surface area (Å²) in [6.07, 6.45) is 2.43. The highest BCUT2D eigenvalue weighted by Gasteiger charge is 2.24. The van der Waals surface area contributed by atoms with Crippen molar-refractivity contribution < 1.29 is 5.11 Å². The topological polar surface area (TPSA) is 64.2 Å². The number of rotatable bonds is 4. The molecule has 0 bridgehead atoms. The number of piperazine rings is 1. The number of H-pyrrole nitrogens is 1. The number of imidazole rings is 1. The molecular formula is C15H22N4O. The second-order valence-corrected chi connectivity index (χ2v) is 5.75. The van der Waals surface area contributed by atoms with Crippen LogP contribution in [0.4, 0.5) is 0 Å².